The van der Waals surface area contributed by atoms with Gasteiger partial charge in [0.25, 0.3) is 0 Å². The van der Waals surface area contributed by atoms with Crippen LogP contribution in [0.4, 0.5) is 0 Å². The average Bonchev–Trinajstić information content (AvgIpc) is 2.54. The molecule has 0 aromatic heterocycles. The van der Waals surface area contributed by atoms with Crippen LogP contribution in [0.2, 0.25) is 10.0 Å². The molecule has 3 N–H and O–H groups in total. The van der Waals surface area contributed by atoms with Crippen LogP contribution in [0.5, 0.6) is 0 Å². The molecule has 1 aliphatic heterocycles. The molecule has 0 saturated heterocycles. The average molecular weight is 275 g/mol. The van der Waals surface area contributed by atoms with Gasteiger partial charge in [-0.1, -0.05) is 23.2 Å². The molecule has 1 aromatic carbocycles. The van der Waals surface area contributed by atoms with Crippen molar-refractivity contribution in [1.29, 1.82) is 0 Å². The number of β-amino-alcohol motifs (C(OH)–C–C–N with tert-alkyl or cyclic N) is 1. The van der Waals surface area contributed by atoms with Crippen molar-refractivity contribution in [3.63, 3.8) is 0 Å². The van der Waals surface area contributed by atoms with Crippen LogP contribution in [-0.2, 0) is 6.54 Å². The predicted molar refractivity (Wildman–Crippen MR) is 70.3 cm³/mol. The van der Waals surface area contributed by atoms with E-state index in [9.17, 15) is 5.11 Å². The Kier molecular flexibility index (Phi) is 3.95. The topological polar surface area (TPSA) is 49.5 Å². The Balaban J connectivity index is 2.34. The fourth-order valence-corrected chi connectivity index (χ4v) is 2.97. The van der Waals surface area contributed by atoms with Crippen LogP contribution in [0.3, 0.4) is 0 Å². The van der Waals surface area contributed by atoms with Gasteiger partial charge in [-0.05, 0) is 30.2 Å². The first-order chi connectivity index (χ1) is 8.02. The molecule has 1 heterocycles. The number of aliphatic hydroxyl groups is 1. The van der Waals surface area contributed by atoms with Gasteiger partial charge in [-0.25, -0.2) is 0 Å². The fraction of sp³-hybridized carbons (Fsp3) is 0.500. The molecule has 2 rings (SSSR count). The highest BCUT2D eigenvalue weighted by Crippen LogP contribution is 2.38. The summed E-state index contributed by atoms with van der Waals surface area (Å²) in [4.78, 5) is 2.14. The molecule has 0 spiro atoms. The maximum atomic E-state index is 9.49. The van der Waals surface area contributed by atoms with Crippen molar-refractivity contribution in [2.45, 2.75) is 25.6 Å². The maximum Gasteiger partial charge on any atom is 0.0639 e. The smallest absolute Gasteiger partial charge is 0.0639 e. The summed E-state index contributed by atoms with van der Waals surface area (Å²) in [7, 11) is 0. The van der Waals surface area contributed by atoms with Gasteiger partial charge in [0, 0.05) is 35.7 Å². The molecular formula is C12H16Cl2N2O. The molecule has 0 amide bonds. The molecule has 0 saturated carbocycles. The molecule has 2 unspecified atom stereocenters. The van der Waals surface area contributed by atoms with Gasteiger partial charge in [0.15, 0.2) is 0 Å². The van der Waals surface area contributed by atoms with Crippen molar-refractivity contribution in [1.82, 2.24) is 4.90 Å². The summed E-state index contributed by atoms with van der Waals surface area (Å²) in [5.74, 6) is 0. The number of aliphatic hydroxyl groups excluding tert-OH is 1. The third kappa shape index (κ3) is 2.59. The van der Waals surface area contributed by atoms with Crippen molar-refractivity contribution in [2.24, 2.45) is 5.73 Å². The lowest BCUT2D eigenvalue weighted by molar-refractivity contribution is 0.106. The van der Waals surface area contributed by atoms with Crippen LogP contribution >= 0.6 is 23.2 Å². The van der Waals surface area contributed by atoms with Gasteiger partial charge in [-0.2, -0.15) is 0 Å². The van der Waals surface area contributed by atoms with E-state index < -0.39 is 0 Å². The minimum atomic E-state index is -0.382. The second-order valence-corrected chi connectivity index (χ2v) is 5.33. The van der Waals surface area contributed by atoms with E-state index >= 15 is 0 Å². The molecule has 0 aliphatic carbocycles. The number of hydrogen-bond acceptors (Lipinski definition) is 3. The van der Waals surface area contributed by atoms with Crippen LogP contribution in [0.25, 0.3) is 0 Å². The highest BCUT2D eigenvalue weighted by Gasteiger charge is 2.31. The lowest BCUT2D eigenvalue weighted by Gasteiger charge is -2.24. The Morgan fingerprint density at radius 1 is 1.53 bits per heavy atom. The Labute approximate surface area is 111 Å². The van der Waals surface area contributed by atoms with Gasteiger partial charge in [0.2, 0.25) is 0 Å². The Morgan fingerprint density at radius 3 is 2.82 bits per heavy atom. The largest absolute Gasteiger partial charge is 0.392 e. The van der Waals surface area contributed by atoms with E-state index in [1.54, 1.807) is 13.0 Å². The van der Waals surface area contributed by atoms with Crippen LogP contribution in [0, 0.1) is 0 Å². The summed E-state index contributed by atoms with van der Waals surface area (Å²) in [5, 5.41) is 10.8. The van der Waals surface area contributed by atoms with Crippen LogP contribution in [0.1, 0.15) is 24.1 Å². The fourth-order valence-electron chi connectivity index (χ4n) is 2.40. The zero-order valence-electron chi connectivity index (χ0n) is 9.66. The lowest BCUT2D eigenvalue weighted by Crippen LogP contribution is -2.33. The molecule has 17 heavy (non-hydrogen) atoms. The third-order valence-electron chi connectivity index (χ3n) is 3.08. The Morgan fingerprint density at radius 2 is 2.24 bits per heavy atom. The SMILES string of the molecule is CC(O)CN1Cc2c(Cl)cc(Cl)cc2C1CN. The number of hydrogen-bond donors (Lipinski definition) is 2. The molecule has 5 heteroatoms. The standard InChI is InChI=1S/C12H16Cl2N2O/c1-7(17)5-16-6-10-9(12(16)4-15)2-8(13)3-11(10)14/h2-3,7,12,17H,4-6,15H2,1H3. The van der Waals surface area contributed by atoms with Gasteiger partial charge in [-0.3, -0.25) is 4.90 Å². The number of halogens is 2. The summed E-state index contributed by atoms with van der Waals surface area (Å²) in [5.41, 5.74) is 7.97. The van der Waals surface area contributed by atoms with Crippen LogP contribution < -0.4 is 5.73 Å². The van der Waals surface area contributed by atoms with Gasteiger partial charge < -0.3 is 10.8 Å². The summed E-state index contributed by atoms with van der Waals surface area (Å²) >= 11 is 12.2. The van der Waals surface area contributed by atoms with Crippen molar-refractivity contribution in [2.75, 3.05) is 13.1 Å². The van der Waals surface area contributed by atoms with E-state index in [0.29, 0.717) is 23.1 Å². The summed E-state index contributed by atoms with van der Waals surface area (Å²) in [6.45, 7) is 3.57. The van der Waals surface area contributed by atoms with Crippen LogP contribution in [-0.4, -0.2) is 29.2 Å². The molecular weight excluding hydrogens is 259 g/mol. The molecule has 2 atom stereocenters. The highest BCUT2D eigenvalue weighted by atomic mass is 35.5. The van der Waals surface area contributed by atoms with Crippen LogP contribution in [0.15, 0.2) is 12.1 Å². The molecule has 0 fully saturated rings. The molecule has 3 nitrogen and oxygen atoms in total. The van der Waals surface area contributed by atoms with Crippen molar-refractivity contribution >= 4 is 23.2 Å². The van der Waals surface area contributed by atoms with E-state index in [2.05, 4.69) is 4.90 Å². The van der Waals surface area contributed by atoms with E-state index in [1.807, 2.05) is 6.07 Å². The Hall–Kier alpha value is -0.320. The van der Waals surface area contributed by atoms with Crippen molar-refractivity contribution in [3.8, 4) is 0 Å². The molecule has 0 bridgehead atoms. The number of nitrogens with zero attached hydrogens (tertiary/aromatic N) is 1. The van der Waals surface area contributed by atoms with Gasteiger partial charge in [-0.15, -0.1) is 0 Å². The number of nitrogens with two attached hydrogens (primary N) is 1. The number of rotatable bonds is 3. The molecule has 1 aliphatic rings. The zero-order chi connectivity index (χ0) is 12.6. The first-order valence-corrected chi connectivity index (χ1v) is 6.38. The monoisotopic (exact) mass is 274 g/mol. The van der Waals surface area contributed by atoms with Gasteiger partial charge >= 0.3 is 0 Å². The second kappa shape index (κ2) is 5.12. The molecule has 1 aromatic rings. The first-order valence-electron chi connectivity index (χ1n) is 5.63. The summed E-state index contributed by atoms with van der Waals surface area (Å²) in [6.07, 6.45) is -0.382. The Bertz CT molecular complexity index is 423. The molecule has 0 radical (unpaired) electrons. The highest BCUT2D eigenvalue weighted by molar-refractivity contribution is 6.35. The van der Waals surface area contributed by atoms with E-state index in [0.717, 1.165) is 17.7 Å². The van der Waals surface area contributed by atoms with Crippen molar-refractivity contribution in [3.05, 3.63) is 33.3 Å². The minimum absolute atomic E-state index is 0.0933. The predicted octanol–water partition coefficient (Wildman–Crippen LogP) is 2.19. The minimum Gasteiger partial charge on any atom is -0.392 e. The maximum absolute atomic E-state index is 9.49. The quantitative estimate of drug-likeness (QED) is 0.889. The van der Waals surface area contributed by atoms with E-state index in [-0.39, 0.29) is 12.1 Å². The molecule has 94 valence electrons. The normalized spacial score (nSPS) is 21.6. The third-order valence-corrected chi connectivity index (χ3v) is 3.63. The summed E-state index contributed by atoms with van der Waals surface area (Å²) < 4.78 is 0. The number of benzene rings is 1. The zero-order valence-corrected chi connectivity index (χ0v) is 11.2. The van der Waals surface area contributed by atoms with Gasteiger partial charge in [0.05, 0.1) is 6.10 Å². The summed E-state index contributed by atoms with van der Waals surface area (Å²) in [6, 6.07) is 3.76. The number of fused-ring (bicyclic) bond motifs is 1. The second-order valence-electron chi connectivity index (χ2n) is 4.49. The van der Waals surface area contributed by atoms with E-state index in [4.69, 9.17) is 28.9 Å². The van der Waals surface area contributed by atoms with Crippen molar-refractivity contribution < 1.29 is 5.11 Å². The first kappa shape index (κ1) is 13.1. The van der Waals surface area contributed by atoms with Gasteiger partial charge in [0.1, 0.15) is 0 Å². The lowest BCUT2D eigenvalue weighted by atomic mass is 10.0. The van der Waals surface area contributed by atoms with E-state index in [1.165, 1.54) is 0 Å².